The number of ether oxygens (including phenoxy) is 1. The number of likely N-dealkylation sites (tertiary alicyclic amines) is 1. The normalized spacial score (nSPS) is 16.8. The minimum atomic E-state index is -2.88. The van der Waals surface area contributed by atoms with Gasteiger partial charge in [-0.05, 0) is 64.0 Å². The van der Waals surface area contributed by atoms with Crippen molar-refractivity contribution < 1.29 is 13.5 Å². The molecule has 146 valence electrons. The molecule has 1 heterocycles. The van der Waals surface area contributed by atoms with Gasteiger partial charge in [0.2, 0.25) is 0 Å². The van der Waals surface area contributed by atoms with Crippen LogP contribution in [0.25, 0.3) is 0 Å². The lowest BCUT2D eigenvalue weighted by Gasteiger charge is -2.29. The van der Waals surface area contributed by atoms with E-state index in [0.29, 0.717) is 22.5 Å². The van der Waals surface area contributed by atoms with Crippen LogP contribution < -0.4 is 15.4 Å². The van der Waals surface area contributed by atoms with Crippen LogP contribution in [-0.2, 0) is 6.54 Å². The number of hydrogen-bond acceptors (Lipinski definition) is 3. The van der Waals surface area contributed by atoms with Gasteiger partial charge in [0.25, 0.3) is 0 Å². The van der Waals surface area contributed by atoms with Gasteiger partial charge in [0, 0.05) is 23.7 Å². The minimum absolute atomic E-state index is 0.0966. The molecule has 0 spiro atoms. The summed E-state index contributed by atoms with van der Waals surface area (Å²) >= 11 is 5.98. The van der Waals surface area contributed by atoms with Crippen LogP contribution in [0, 0.1) is 5.92 Å². The van der Waals surface area contributed by atoms with Gasteiger partial charge in [0.05, 0.1) is 6.54 Å². The highest BCUT2D eigenvalue weighted by atomic mass is 35.5. The number of nitrogens with zero attached hydrogens (tertiary/aromatic N) is 2. The molecule has 26 heavy (non-hydrogen) atoms. The lowest BCUT2D eigenvalue weighted by atomic mass is 9.97. The Bertz CT molecular complexity index is 593. The molecule has 0 bridgehead atoms. The molecule has 0 amide bonds. The van der Waals surface area contributed by atoms with Gasteiger partial charge in [-0.3, -0.25) is 0 Å². The Kier molecular flexibility index (Phi) is 8.38. The molecule has 0 radical (unpaired) electrons. The third kappa shape index (κ3) is 6.96. The molecule has 2 N–H and O–H groups in total. The monoisotopic (exact) mass is 388 g/mol. The molecular weight excluding hydrogens is 362 g/mol. The maximum atomic E-state index is 12.6. The lowest BCUT2D eigenvalue weighted by molar-refractivity contribution is -0.0504. The number of guanidine groups is 1. The van der Waals surface area contributed by atoms with Crippen molar-refractivity contribution in [1.82, 2.24) is 15.5 Å². The van der Waals surface area contributed by atoms with Crippen molar-refractivity contribution in [3.63, 3.8) is 0 Å². The molecule has 0 atom stereocenters. The van der Waals surface area contributed by atoms with Gasteiger partial charge in [0.15, 0.2) is 5.96 Å². The molecule has 0 unspecified atom stereocenters. The molecule has 0 aliphatic carbocycles. The van der Waals surface area contributed by atoms with Gasteiger partial charge in [-0.25, -0.2) is 4.99 Å². The van der Waals surface area contributed by atoms with E-state index >= 15 is 0 Å². The van der Waals surface area contributed by atoms with Crippen LogP contribution in [0.1, 0.15) is 25.3 Å². The van der Waals surface area contributed by atoms with E-state index in [1.165, 1.54) is 12.1 Å². The fourth-order valence-electron chi connectivity index (χ4n) is 2.90. The van der Waals surface area contributed by atoms with E-state index in [2.05, 4.69) is 32.3 Å². The van der Waals surface area contributed by atoms with E-state index in [-0.39, 0.29) is 12.3 Å². The zero-order valence-electron chi connectivity index (χ0n) is 15.3. The molecule has 1 aliphatic heterocycles. The minimum Gasteiger partial charge on any atom is -0.434 e. The predicted octanol–water partition coefficient (Wildman–Crippen LogP) is 3.34. The number of aliphatic imine (C=N–C) groups is 1. The third-order valence-electron chi connectivity index (χ3n) is 4.39. The zero-order chi connectivity index (χ0) is 18.9. The highest BCUT2D eigenvalue weighted by Gasteiger charge is 2.17. The smallest absolute Gasteiger partial charge is 0.387 e. The first-order valence-electron chi connectivity index (χ1n) is 8.92. The maximum absolute atomic E-state index is 12.6. The first-order chi connectivity index (χ1) is 12.5. The standard InChI is InChI=1S/C18H27ClF2N4O/c1-3-22-18(23-11-13-6-8-25(2)9-7-13)24-12-14-10-15(19)4-5-16(14)26-17(20)21/h4-5,10,13,17H,3,6-9,11-12H2,1-2H3,(H2,22,23,24). The van der Waals surface area contributed by atoms with Crippen molar-refractivity contribution in [2.75, 3.05) is 33.2 Å². The number of rotatable bonds is 7. The van der Waals surface area contributed by atoms with Crippen molar-refractivity contribution in [1.29, 1.82) is 0 Å². The fraction of sp³-hybridized carbons (Fsp3) is 0.611. The summed E-state index contributed by atoms with van der Waals surface area (Å²) in [6, 6.07) is 4.57. The van der Waals surface area contributed by atoms with Gasteiger partial charge < -0.3 is 20.3 Å². The lowest BCUT2D eigenvalue weighted by Crippen LogP contribution is -2.42. The van der Waals surface area contributed by atoms with Crippen LogP contribution in [-0.4, -0.2) is 50.7 Å². The second-order valence-corrected chi connectivity index (χ2v) is 6.89. The first kappa shape index (κ1) is 20.7. The summed E-state index contributed by atoms with van der Waals surface area (Å²) < 4.78 is 29.7. The van der Waals surface area contributed by atoms with Crippen molar-refractivity contribution in [3.8, 4) is 5.75 Å². The topological polar surface area (TPSA) is 48.9 Å². The van der Waals surface area contributed by atoms with Crippen molar-refractivity contribution in [2.24, 2.45) is 10.9 Å². The van der Waals surface area contributed by atoms with Gasteiger partial charge in [0.1, 0.15) is 5.75 Å². The van der Waals surface area contributed by atoms with Gasteiger partial charge >= 0.3 is 6.61 Å². The van der Waals surface area contributed by atoms with Crippen molar-refractivity contribution in [3.05, 3.63) is 28.8 Å². The SMILES string of the molecule is CCNC(=NCc1cc(Cl)ccc1OC(F)F)NCC1CCN(C)CC1. The Hall–Kier alpha value is -1.60. The van der Waals surface area contributed by atoms with Crippen LogP contribution in [0.5, 0.6) is 5.75 Å². The van der Waals surface area contributed by atoms with E-state index in [1.807, 2.05) is 6.92 Å². The molecule has 5 nitrogen and oxygen atoms in total. The highest BCUT2D eigenvalue weighted by Crippen LogP contribution is 2.25. The van der Waals surface area contributed by atoms with Crippen LogP contribution in [0.4, 0.5) is 8.78 Å². The van der Waals surface area contributed by atoms with Crippen molar-refractivity contribution >= 4 is 17.6 Å². The van der Waals surface area contributed by atoms with Crippen molar-refractivity contribution in [2.45, 2.75) is 32.9 Å². The second kappa shape index (κ2) is 10.5. The molecule has 0 saturated carbocycles. The second-order valence-electron chi connectivity index (χ2n) is 6.45. The summed E-state index contributed by atoms with van der Waals surface area (Å²) in [5, 5.41) is 6.99. The predicted molar refractivity (Wildman–Crippen MR) is 101 cm³/mol. The molecule has 1 aromatic rings. The van der Waals surface area contributed by atoms with Crippen LogP contribution >= 0.6 is 11.6 Å². The Labute approximate surface area is 158 Å². The average Bonchev–Trinajstić information content (AvgIpc) is 2.60. The quantitative estimate of drug-likeness (QED) is 0.555. The van der Waals surface area contributed by atoms with E-state index < -0.39 is 6.61 Å². The summed E-state index contributed by atoms with van der Waals surface area (Å²) in [6.07, 6.45) is 2.31. The molecular formula is C18H27ClF2N4O. The van der Waals surface area contributed by atoms with E-state index in [9.17, 15) is 8.78 Å². The highest BCUT2D eigenvalue weighted by molar-refractivity contribution is 6.30. The maximum Gasteiger partial charge on any atom is 0.387 e. The number of piperidine rings is 1. The number of halogens is 3. The Balaban J connectivity index is 1.98. The molecule has 1 saturated heterocycles. The van der Waals surface area contributed by atoms with Gasteiger partial charge in [-0.1, -0.05) is 11.6 Å². The molecule has 2 rings (SSSR count). The summed E-state index contributed by atoms with van der Waals surface area (Å²) in [5.41, 5.74) is 0.522. The molecule has 1 aliphatic rings. The van der Waals surface area contributed by atoms with E-state index in [0.717, 1.165) is 39.0 Å². The van der Waals surface area contributed by atoms with E-state index in [4.69, 9.17) is 11.6 Å². The molecule has 1 aromatic carbocycles. The number of alkyl halides is 2. The summed E-state index contributed by atoms with van der Waals surface area (Å²) in [4.78, 5) is 6.83. The number of hydrogen-bond donors (Lipinski definition) is 2. The first-order valence-corrected chi connectivity index (χ1v) is 9.29. The number of benzene rings is 1. The fourth-order valence-corrected chi connectivity index (χ4v) is 3.09. The Morgan fingerprint density at radius 2 is 2.08 bits per heavy atom. The van der Waals surface area contributed by atoms with E-state index in [1.54, 1.807) is 6.07 Å². The van der Waals surface area contributed by atoms with Gasteiger partial charge in [-0.2, -0.15) is 8.78 Å². The Morgan fingerprint density at radius 1 is 1.35 bits per heavy atom. The van der Waals surface area contributed by atoms with Crippen LogP contribution in [0.3, 0.4) is 0 Å². The summed E-state index contributed by atoms with van der Waals surface area (Å²) in [5.74, 6) is 1.37. The largest absolute Gasteiger partial charge is 0.434 e. The molecule has 1 fully saturated rings. The Morgan fingerprint density at radius 3 is 2.73 bits per heavy atom. The van der Waals surface area contributed by atoms with Crippen LogP contribution in [0.2, 0.25) is 5.02 Å². The summed E-state index contributed by atoms with van der Waals surface area (Å²) in [6.45, 7) is 3.08. The third-order valence-corrected chi connectivity index (χ3v) is 4.62. The zero-order valence-corrected chi connectivity index (χ0v) is 16.0. The average molecular weight is 389 g/mol. The molecule has 0 aromatic heterocycles. The van der Waals surface area contributed by atoms with Gasteiger partial charge in [-0.15, -0.1) is 0 Å². The van der Waals surface area contributed by atoms with Crippen LogP contribution in [0.15, 0.2) is 23.2 Å². The molecule has 8 heteroatoms. The number of nitrogens with one attached hydrogen (secondary N) is 2. The summed E-state index contributed by atoms with van der Waals surface area (Å²) in [7, 11) is 2.14.